The van der Waals surface area contributed by atoms with Crippen LogP contribution in [-0.4, -0.2) is 34.2 Å². The molecule has 1 aliphatic rings. The van der Waals surface area contributed by atoms with Crippen molar-refractivity contribution in [3.8, 4) is 0 Å². The van der Waals surface area contributed by atoms with E-state index in [9.17, 15) is 4.79 Å². The topological polar surface area (TPSA) is 93.0 Å². The first kappa shape index (κ1) is 17.7. The Balaban J connectivity index is 1.40. The molecule has 7 nitrogen and oxygen atoms in total. The van der Waals surface area contributed by atoms with Crippen molar-refractivity contribution >= 4 is 16.8 Å². The fourth-order valence-corrected chi connectivity index (χ4v) is 3.66. The van der Waals surface area contributed by atoms with Crippen LogP contribution in [0, 0.1) is 20.8 Å². The molecule has 1 saturated heterocycles. The van der Waals surface area contributed by atoms with Gasteiger partial charge >= 0.3 is 0 Å². The average Bonchev–Trinajstić information content (AvgIpc) is 3.35. The Bertz CT molecular complexity index is 983. The number of H-pyrrole nitrogens is 1. The van der Waals surface area contributed by atoms with Crippen LogP contribution in [0.2, 0.25) is 0 Å². The number of aromatic nitrogens is 3. The van der Waals surface area contributed by atoms with E-state index < -0.39 is 0 Å². The second-order valence-corrected chi connectivity index (χ2v) is 7.19. The summed E-state index contributed by atoms with van der Waals surface area (Å²) in [5.74, 6) is 0.996. The Labute approximate surface area is 157 Å². The van der Waals surface area contributed by atoms with E-state index in [1.165, 1.54) is 5.56 Å². The van der Waals surface area contributed by atoms with Gasteiger partial charge in [-0.3, -0.25) is 4.79 Å². The first-order chi connectivity index (χ1) is 13.0. The second kappa shape index (κ2) is 7.15. The molecule has 4 rings (SSSR count). The highest BCUT2D eigenvalue weighted by Crippen LogP contribution is 2.27. The summed E-state index contributed by atoms with van der Waals surface area (Å²) in [7, 11) is 0. The number of aryl methyl sites for hydroxylation is 3. The molecule has 2 N–H and O–H groups in total. The Hall–Kier alpha value is -2.67. The zero-order chi connectivity index (χ0) is 19.0. The van der Waals surface area contributed by atoms with Crippen molar-refractivity contribution in [2.45, 2.75) is 46.1 Å². The third kappa shape index (κ3) is 3.47. The van der Waals surface area contributed by atoms with Gasteiger partial charge in [0.15, 0.2) is 5.82 Å². The molecule has 0 radical (unpaired) electrons. The number of carbonyl (C=O) groups excluding carboxylic acids is 1. The Morgan fingerprint density at radius 2 is 2.19 bits per heavy atom. The van der Waals surface area contributed by atoms with Gasteiger partial charge in [-0.25, -0.2) is 0 Å². The first-order valence-corrected chi connectivity index (χ1v) is 9.34. The van der Waals surface area contributed by atoms with Gasteiger partial charge in [-0.15, -0.1) is 0 Å². The van der Waals surface area contributed by atoms with E-state index in [1.807, 2.05) is 6.92 Å². The van der Waals surface area contributed by atoms with Gasteiger partial charge in [-0.05, 0) is 50.8 Å². The van der Waals surface area contributed by atoms with Gasteiger partial charge in [0.05, 0.1) is 0 Å². The van der Waals surface area contributed by atoms with Crippen LogP contribution >= 0.6 is 0 Å². The minimum absolute atomic E-state index is 0.0819. The number of fused-ring (bicyclic) bond motifs is 1. The maximum absolute atomic E-state index is 12.6. The summed E-state index contributed by atoms with van der Waals surface area (Å²) in [5.41, 5.74) is 4.91. The molecular weight excluding hydrogens is 344 g/mol. The molecule has 142 valence electrons. The second-order valence-electron chi connectivity index (χ2n) is 7.19. The van der Waals surface area contributed by atoms with Crippen molar-refractivity contribution in [1.29, 1.82) is 0 Å². The predicted molar refractivity (Wildman–Crippen MR) is 101 cm³/mol. The third-order valence-electron chi connectivity index (χ3n) is 5.06. The molecule has 3 heterocycles. The molecule has 3 aromatic rings. The largest absolute Gasteiger partial charge is 0.368 e. The minimum atomic E-state index is -0.122. The number of benzene rings is 1. The number of nitrogens with zero attached hydrogens (tertiary/aromatic N) is 2. The molecule has 1 aliphatic heterocycles. The van der Waals surface area contributed by atoms with Gasteiger partial charge in [0, 0.05) is 30.5 Å². The number of aromatic amines is 1. The van der Waals surface area contributed by atoms with Gasteiger partial charge < -0.3 is 19.6 Å². The maximum atomic E-state index is 12.6. The van der Waals surface area contributed by atoms with Crippen LogP contribution in [0.5, 0.6) is 0 Å². The van der Waals surface area contributed by atoms with Crippen LogP contribution in [0.15, 0.2) is 16.7 Å². The highest BCUT2D eigenvalue weighted by molar-refractivity contribution is 6.01. The average molecular weight is 368 g/mol. The number of amides is 1. The van der Waals surface area contributed by atoms with Crippen LogP contribution in [0.3, 0.4) is 0 Å². The molecule has 0 aliphatic carbocycles. The lowest BCUT2D eigenvalue weighted by molar-refractivity contribution is 0.0835. The Morgan fingerprint density at radius 1 is 1.33 bits per heavy atom. The summed E-state index contributed by atoms with van der Waals surface area (Å²) in [6.45, 7) is 7.26. The van der Waals surface area contributed by atoms with Crippen LogP contribution in [0.25, 0.3) is 10.9 Å². The normalized spacial score (nSPS) is 16.9. The number of rotatable bonds is 5. The fraction of sp³-hybridized carbons (Fsp3) is 0.450. The number of hydrogen-bond acceptors (Lipinski definition) is 5. The highest BCUT2D eigenvalue weighted by atomic mass is 16.5. The zero-order valence-corrected chi connectivity index (χ0v) is 15.9. The number of nitrogens with one attached hydrogen (secondary N) is 2. The van der Waals surface area contributed by atoms with Crippen LogP contribution in [0.4, 0.5) is 0 Å². The van der Waals surface area contributed by atoms with Gasteiger partial charge in [-0.2, -0.15) is 4.98 Å². The molecule has 0 saturated carbocycles. The molecule has 0 bridgehead atoms. The summed E-state index contributed by atoms with van der Waals surface area (Å²) >= 11 is 0. The number of carbonyl (C=O) groups is 1. The molecule has 0 unspecified atom stereocenters. The molecule has 1 aromatic carbocycles. The Kier molecular flexibility index (Phi) is 4.70. The van der Waals surface area contributed by atoms with Gasteiger partial charge in [0.25, 0.3) is 11.8 Å². The highest BCUT2D eigenvalue weighted by Gasteiger charge is 2.24. The van der Waals surface area contributed by atoms with E-state index in [1.54, 1.807) is 0 Å². The van der Waals surface area contributed by atoms with E-state index in [0.717, 1.165) is 41.5 Å². The summed E-state index contributed by atoms with van der Waals surface area (Å²) in [4.78, 5) is 20.3. The molecular formula is C20H24N4O3. The van der Waals surface area contributed by atoms with Gasteiger partial charge in [-0.1, -0.05) is 16.8 Å². The lowest BCUT2D eigenvalue weighted by atomic mass is 10.1. The molecule has 0 spiro atoms. The van der Waals surface area contributed by atoms with Crippen LogP contribution in [0.1, 0.15) is 57.8 Å². The summed E-state index contributed by atoms with van der Waals surface area (Å²) in [6, 6.07) is 4.22. The molecule has 1 amide bonds. The molecule has 2 aromatic heterocycles. The van der Waals surface area contributed by atoms with Crippen molar-refractivity contribution in [3.63, 3.8) is 0 Å². The lowest BCUT2D eigenvalue weighted by Gasteiger charge is -2.03. The van der Waals surface area contributed by atoms with Crippen LogP contribution < -0.4 is 5.32 Å². The zero-order valence-electron chi connectivity index (χ0n) is 15.9. The predicted octanol–water partition coefficient (Wildman–Crippen LogP) is 3.30. The fourth-order valence-electron chi connectivity index (χ4n) is 3.66. The van der Waals surface area contributed by atoms with Crippen molar-refractivity contribution in [3.05, 3.63) is 46.2 Å². The summed E-state index contributed by atoms with van der Waals surface area (Å²) in [5, 5.41) is 8.01. The Morgan fingerprint density at radius 3 is 2.96 bits per heavy atom. The standard InChI is InChI=1S/C20H24N4O3/c1-11-9-12(2)17-14(10-11)13(3)18(23-17)19(25)21-7-6-16-22-20(27-24-16)15-5-4-8-26-15/h9-10,15,23H,4-8H2,1-3H3,(H,21,25)/t15-/m0/s1. The molecule has 27 heavy (non-hydrogen) atoms. The van der Waals surface area contributed by atoms with E-state index in [2.05, 4.69) is 46.4 Å². The SMILES string of the molecule is Cc1cc(C)c2[nH]c(C(=O)NCCc3noc([C@@H]4CCCO4)n3)c(C)c2c1. The van der Waals surface area contributed by atoms with Crippen LogP contribution in [-0.2, 0) is 11.2 Å². The summed E-state index contributed by atoms with van der Waals surface area (Å²) in [6.07, 6.45) is 2.36. The molecule has 7 heteroatoms. The monoisotopic (exact) mass is 368 g/mol. The van der Waals surface area contributed by atoms with E-state index >= 15 is 0 Å². The van der Waals surface area contributed by atoms with Crippen molar-refractivity contribution in [2.75, 3.05) is 13.2 Å². The van der Waals surface area contributed by atoms with E-state index in [4.69, 9.17) is 9.26 Å². The van der Waals surface area contributed by atoms with E-state index in [0.29, 0.717) is 30.4 Å². The first-order valence-electron chi connectivity index (χ1n) is 9.34. The minimum Gasteiger partial charge on any atom is -0.368 e. The smallest absolute Gasteiger partial charge is 0.268 e. The molecule has 1 atom stereocenters. The van der Waals surface area contributed by atoms with Crippen molar-refractivity contribution in [1.82, 2.24) is 20.4 Å². The third-order valence-corrected chi connectivity index (χ3v) is 5.06. The van der Waals surface area contributed by atoms with Gasteiger partial charge in [0.2, 0.25) is 0 Å². The van der Waals surface area contributed by atoms with Crippen molar-refractivity contribution in [2.24, 2.45) is 0 Å². The van der Waals surface area contributed by atoms with Gasteiger partial charge in [0.1, 0.15) is 11.8 Å². The summed E-state index contributed by atoms with van der Waals surface area (Å²) < 4.78 is 10.8. The van der Waals surface area contributed by atoms with E-state index in [-0.39, 0.29) is 12.0 Å². The van der Waals surface area contributed by atoms with Crippen molar-refractivity contribution < 1.29 is 14.1 Å². The lowest BCUT2D eigenvalue weighted by Crippen LogP contribution is -2.26. The number of hydrogen-bond donors (Lipinski definition) is 2. The quantitative estimate of drug-likeness (QED) is 0.721. The molecule has 1 fully saturated rings. The number of ether oxygens (including phenoxy) is 1. The maximum Gasteiger partial charge on any atom is 0.268 e.